The highest BCUT2D eigenvalue weighted by Crippen LogP contribution is 2.32. The molecular weight excluding hydrogens is 320 g/mol. The Labute approximate surface area is 139 Å². The number of carbonyl (C=O) groups is 1. The number of nitrogens with zero attached hydrogens (tertiary/aromatic N) is 2. The SMILES string of the molecule is CCOC(=O)c1nn(C(C)C)c(Oc2cccc(Cl)c2)c1CO. The Bertz CT molecular complexity index is 697. The molecule has 0 aliphatic rings. The number of esters is 1. The summed E-state index contributed by atoms with van der Waals surface area (Å²) in [4.78, 5) is 12.0. The maximum absolute atomic E-state index is 12.0. The van der Waals surface area contributed by atoms with Crippen LogP contribution in [0, 0.1) is 0 Å². The molecule has 0 bridgehead atoms. The molecular formula is C16H19ClN2O4. The Hall–Kier alpha value is -2.05. The van der Waals surface area contributed by atoms with Crippen molar-refractivity contribution in [2.45, 2.75) is 33.4 Å². The molecule has 0 aliphatic carbocycles. The maximum Gasteiger partial charge on any atom is 0.359 e. The minimum absolute atomic E-state index is 0.0556. The molecule has 1 heterocycles. The van der Waals surface area contributed by atoms with E-state index in [1.54, 1.807) is 35.9 Å². The minimum atomic E-state index is -0.591. The van der Waals surface area contributed by atoms with Crippen molar-refractivity contribution in [2.24, 2.45) is 0 Å². The van der Waals surface area contributed by atoms with Crippen LogP contribution in [0.4, 0.5) is 0 Å². The van der Waals surface area contributed by atoms with Crippen molar-refractivity contribution in [3.05, 3.63) is 40.5 Å². The third-order valence-electron chi connectivity index (χ3n) is 3.09. The Morgan fingerprint density at radius 3 is 2.74 bits per heavy atom. The quantitative estimate of drug-likeness (QED) is 0.815. The average molecular weight is 339 g/mol. The van der Waals surface area contributed by atoms with Crippen LogP contribution in [0.1, 0.15) is 42.9 Å². The zero-order chi connectivity index (χ0) is 17.0. The molecule has 0 saturated heterocycles. The molecule has 0 unspecified atom stereocenters. The molecule has 7 heteroatoms. The summed E-state index contributed by atoms with van der Waals surface area (Å²) in [6.07, 6.45) is 0. The Morgan fingerprint density at radius 2 is 2.17 bits per heavy atom. The Morgan fingerprint density at radius 1 is 1.43 bits per heavy atom. The van der Waals surface area contributed by atoms with Gasteiger partial charge in [0, 0.05) is 5.02 Å². The van der Waals surface area contributed by atoms with Crippen molar-refractivity contribution >= 4 is 17.6 Å². The van der Waals surface area contributed by atoms with E-state index in [1.165, 1.54) is 0 Å². The van der Waals surface area contributed by atoms with Crippen molar-refractivity contribution < 1.29 is 19.4 Å². The largest absolute Gasteiger partial charge is 0.461 e. The van der Waals surface area contributed by atoms with Gasteiger partial charge in [-0.05, 0) is 39.0 Å². The van der Waals surface area contributed by atoms with Crippen LogP contribution in [0.25, 0.3) is 0 Å². The number of halogens is 1. The van der Waals surface area contributed by atoms with Gasteiger partial charge in [-0.25, -0.2) is 9.48 Å². The summed E-state index contributed by atoms with van der Waals surface area (Å²) in [5.74, 6) is 0.198. The first-order chi connectivity index (χ1) is 11.0. The van der Waals surface area contributed by atoms with Crippen molar-refractivity contribution in [2.75, 3.05) is 6.61 Å². The second-order valence-electron chi connectivity index (χ2n) is 5.11. The number of rotatable bonds is 6. The van der Waals surface area contributed by atoms with E-state index in [9.17, 15) is 9.90 Å². The molecule has 23 heavy (non-hydrogen) atoms. The van der Waals surface area contributed by atoms with Crippen LogP contribution in [0.15, 0.2) is 24.3 Å². The molecule has 0 atom stereocenters. The standard InChI is InChI=1S/C16H19ClN2O4/c1-4-22-16(21)14-13(9-20)15(19(18-14)10(2)3)23-12-7-5-6-11(17)8-12/h5-8,10,20H,4,9H2,1-3H3. The fraction of sp³-hybridized carbons (Fsp3) is 0.375. The maximum atomic E-state index is 12.0. The van der Waals surface area contributed by atoms with Gasteiger partial charge in [0.15, 0.2) is 5.69 Å². The molecule has 1 aromatic carbocycles. The van der Waals surface area contributed by atoms with Crippen LogP contribution in [0.3, 0.4) is 0 Å². The first kappa shape index (κ1) is 17.3. The van der Waals surface area contributed by atoms with E-state index in [1.807, 2.05) is 13.8 Å². The van der Waals surface area contributed by atoms with E-state index in [4.69, 9.17) is 21.1 Å². The van der Waals surface area contributed by atoms with Gasteiger partial charge in [0.05, 0.1) is 24.8 Å². The van der Waals surface area contributed by atoms with Gasteiger partial charge in [0.1, 0.15) is 5.75 Å². The molecule has 2 aromatic rings. The monoisotopic (exact) mass is 338 g/mol. The number of aliphatic hydroxyl groups is 1. The van der Waals surface area contributed by atoms with E-state index in [2.05, 4.69) is 5.10 Å². The summed E-state index contributed by atoms with van der Waals surface area (Å²) < 4.78 is 12.4. The Balaban J connectivity index is 2.49. The van der Waals surface area contributed by atoms with Gasteiger partial charge in [0.2, 0.25) is 5.88 Å². The van der Waals surface area contributed by atoms with Crippen LogP contribution in [0.5, 0.6) is 11.6 Å². The van der Waals surface area contributed by atoms with Gasteiger partial charge < -0.3 is 14.6 Å². The van der Waals surface area contributed by atoms with Crippen molar-refractivity contribution in [1.29, 1.82) is 0 Å². The zero-order valence-corrected chi connectivity index (χ0v) is 14.0. The number of ether oxygens (including phenoxy) is 2. The van der Waals surface area contributed by atoms with Gasteiger partial charge in [-0.2, -0.15) is 5.10 Å². The molecule has 124 valence electrons. The molecule has 0 radical (unpaired) electrons. The molecule has 0 saturated carbocycles. The molecule has 6 nitrogen and oxygen atoms in total. The lowest BCUT2D eigenvalue weighted by Gasteiger charge is -2.13. The highest BCUT2D eigenvalue weighted by molar-refractivity contribution is 6.30. The topological polar surface area (TPSA) is 73.6 Å². The van der Waals surface area contributed by atoms with Crippen molar-refractivity contribution in [3.63, 3.8) is 0 Å². The van der Waals surface area contributed by atoms with Crippen LogP contribution in [-0.4, -0.2) is 27.5 Å². The zero-order valence-electron chi connectivity index (χ0n) is 13.2. The van der Waals surface area contributed by atoms with Gasteiger partial charge in [0.25, 0.3) is 0 Å². The van der Waals surface area contributed by atoms with Crippen molar-refractivity contribution in [3.8, 4) is 11.6 Å². The summed E-state index contributed by atoms with van der Waals surface area (Å²) in [5, 5.41) is 14.4. The summed E-state index contributed by atoms with van der Waals surface area (Å²) in [6, 6.07) is 6.78. The summed E-state index contributed by atoms with van der Waals surface area (Å²) in [7, 11) is 0. The smallest absolute Gasteiger partial charge is 0.359 e. The second-order valence-corrected chi connectivity index (χ2v) is 5.55. The fourth-order valence-corrected chi connectivity index (χ4v) is 2.24. The van der Waals surface area contributed by atoms with E-state index in [0.29, 0.717) is 16.7 Å². The van der Waals surface area contributed by atoms with Crippen molar-refractivity contribution in [1.82, 2.24) is 9.78 Å². The fourth-order valence-electron chi connectivity index (χ4n) is 2.06. The van der Waals surface area contributed by atoms with Gasteiger partial charge in [-0.3, -0.25) is 0 Å². The Kier molecular flexibility index (Phi) is 5.63. The highest BCUT2D eigenvalue weighted by atomic mass is 35.5. The first-order valence-electron chi connectivity index (χ1n) is 7.30. The number of hydrogen-bond acceptors (Lipinski definition) is 5. The predicted molar refractivity (Wildman–Crippen MR) is 86.0 cm³/mol. The van der Waals surface area contributed by atoms with E-state index in [-0.39, 0.29) is 23.9 Å². The molecule has 0 amide bonds. The summed E-state index contributed by atoms with van der Waals surface area (Å²) >= 11 is 5.96. The highest BCUT2D eigenvalue weighted by Gasteiger charge is 2.26. The third kappa shape index (κ3) is 3.83. The minimum Gasteiger partial charge on any atom is -0.461 e. The van der Waals surface area contributed by atoms with Gasteiger partial charge in [-0.1, -0.05) is 17.7 Å². The molecule has 2 rings (SSSR count). The van der Waals surface area contributed by atoms with Crippen LogP contribution in [0.2, 0.25) is 5.02 Å². The van der Waals surface area contributed by atoms with Gasteiger partial charge in [-0.15, -0.1) is 0 Å². The summed E-state index contributed by atoms with van der Waals surface area (Å²) in [5.41, 5.74) is 0.345. The number of benzene rings is 1. The number of hydrogen-bond donors (Lipinski definition) is 1. The lowest BCUT2D eigenvalue weighted by molar-refractivity contribution is 0.0514. The third-order valence-corrected chi connectivity index (χ3v) is 3.32. The first-order valence-corrected chi connectivity index (χ1v) is 7.68. The predicted octanol–water partition coefficient (Wildman–Crippen LogP) is 3.58. The average Bonchev–Trinajstić information content (AvgIpc) is 2.86. The molecule has 0 fully saturated rings. The van der Waals surface area contributed by atoms with E-state index >= 15 is 0 Å². The molecule has 1 N–H and O–H groups in total. The molecule has 0 spiro atoms. The van der Waals surface area contributed by atoms with E-state index in [0.717, 1.165) is 0 Å². The lowest BCUT2D eigenvalue weighted by atomic mass is 10.2. The van der Waals surface area contributed by atoms with Crippen LogP contribution >= 0.6 is 11.6 Å². The summed E-state index contributed by atoms with van der Waals surface area (Å²) in [6.45, 7) is 5.33. The molecule has 1 aromatic heterocycles. The number of aliphatic hydroxyl groups excluding tert-OH is 1. The van der Waals surface area contributed by atoms with E-state index < -0.39 is 12.6 Å². The normalized spacial score (nSPS) is 10.9. The lowest BCUT2D eigenvalue weighted by Crippen LogP contribution is -2.09. The second kappa shape index (κ2) is 7.48. The number of carbonyl (C=O) groups excluding carboxylic acids is 1. The van der Waals surface area contributed by atoms with Gasteiger partial charge >= 0.3 is 5.97 Å². The number of aromatic nitrogens is 2. The van der Waals surface area contributed by atoms with Crippen LogP contribution < -0.4 is 4.74 Å². The molecule has 0 aliphatic heterocycles. The van der Waals surface area contributed by atoms with Crippen LogP contribution in [-0.2, 0) is 11.3 Å².